The van der Waals surface area contributed by atoms with E-state index in [9.17, 15) is 0 Å². The zero-order valence-electron chi connectivity index (χ0n) is 28.0. The molecule has 7 aromatic carbocycles. The van der Waals surface area contributed by atoms with Gasteiger partial charge >= 0.3 is 0 Å². The summed E-state index contributed by atoms with van der Waals surface area (Å²) in [7, 11) is 3.31. The predicted molar refractivity (Wildman–Crippen MR) is 197 cm³/mol. The molecule has 6 heteroatoms. The van der Waals surface area contributed by atoms with Crippen molar-refractivity contribution in [3.63, 3.8) is 0 Å². The molecule has 8 aliphatic heterocycles. The van der Waals surface area contributed by atoms with Gasteiger partial charge in [0.1, 0.15) is 60.9 Å². The highest BCUT2D eigenvalue weighted by Crippen LogP contribution is 2.46. The first-order valence-electron chi connectivity index (χ1n) is 16.6. The molecule has 0 fully saturated rings. The summed E-state index contributed by atoms with van der Waals surface area (Å²) in [4.78, 5) is 0. The van der Waals surface area contributed by atoms with Crippen molar-refractivity contribution in [3.8, 4) is 45.6 Å². The highest BCUT2D eigenvalue weighted by molar-refractivity contribution is 6.09. The van der Waals surface area contributed by atoms with Gasteiger partial charge in [0, 0.05) is 22.3 Å². The van der Waals surface area contributed by atoms with Gasteiger partial charge in [-0.15, -0.1) is 0 Å². The molecule has 248 valence electrons. The van der Waals surface area contributed by atoms with Crippen LogP contribution in [0.3, 0.4) is 0 Å². The molecule has 0 saturated carbocycles. The van der Waals surface area contributed by atoms with Gasteiger partial charge in [0.2, 0.25) is 0 Å². The number of hydrogen-bond donors (Lipinski definition) is 0. The van der Waals surface area contributed by atoms with Crippen LogP contribution in [0.4, 0.5) is 0 Å². The topological polar surface area (TPSA) is 55.4 Å². The fourth-order valence-corrected chi connectivity index (χ4v) is 6.52. The maximum atomic E-state index is 6.67. The van der Waals surface area contributed by atoms with Crippen molar-refractivity contribution in [1.82, 2.24) is 0 Å². The maximum Gasteiger partial charge on any atom is 0.128 e. The van der Waals surface area contributed by atoms with E-state index in [4.69, 9.17) is 28.4 Å². The minimum absolute atomic E-state index is 0.313. The normalized spacial score (nSPS) is 12.9. The van der Waals surface area contributed by atoms with Crippen LogP contribution in [0.5, 0.6) is 34.5 Å². The van der Waals surface area contributed by atoms with Crippen LogP contribution in [0.2, 0.25) is 0 Å². The minimum atomic E-state index is 0.313. The quantitative estimate of drug-likeness (QED) is 0.184. The van der Waals surface area contributed by atoms with E-state index >= 15 is 0 Å². The molecule has 0 aromatic heterocycles. The van der Waals surface area contributed by atoms with E-state index < -0.39 is 0 Å². The standard InChI is InChI=1S/C44H36O6/c1-45-41-23-34-28-48-36-19-13-30(14-20-36)26-50-40-22-16-32-8-4-6-10-38(32)44(40)43-37-9-5-3-7-31(37)15-21-39(43)49-25-29-11-17-35(18-12-29)47-27-33(41)24-42(34)46-2/h3-24H,25-28H2,1-2H3. The fourth-order valence-electron chi connectivity index (χ4n) is 6.52. The summed E-state index contributed by atoms with van der Waals surface area (Å²) in [6, 6.07) is 45.1. The Kier molecular flexibility index (Phi) is 8.58. The highest BCUT2D eigenvalue weighted by atomic mass is 16.5. The van der Waals surface area contributed by atoms with Crippen LogP contribution < -0.4 is 28.4 Å². The van der Waals surface area contributed by atoms with Crippen molar-refractivity contribution in [2.75, 3.05) is 14.2 Å². The molecule has 15 rings (SSSR count). The lowest BCUT2D eigenvalue weighted by Gasteiger charge is -2.20. The van der Waals surface area contributed by atoms with Crippen LogP contribution >= 0.6 is 0 Å². The van der Waals surface area contributed by atoms with Crippen LogP contribution in [0, 0.1) is 0 Å². The van der Waals surface area contributed by atoms with Crippen molar-refractivity contribution in [2.24, 2.45) is 0 Å². The number of benzene rings is 7. The third kappa shape index (κ3) is 6.24. The van der Waals surface area contributed by atoms with E-state index in [2.05, 4.69) is 72.8 Å². The average molecular weight is 661 g/mol. The summed E-state index contributed by atoms with van der Waals surface area (Å²) in [5.74, 6) is 4.45. The van der Waals surface area contributed by atoms with Crippen LogP contribution in [-0.2, 0) is 26.4 Å². The van der Waals surface area contributed by atoms with Crippen molar-refractivity contribution >= 4 is 21.5 Å². The molecule has 7 aromatic rings. The smallest absolute Gasteiger partial charge is 0.128 e. The summed E-state index contributed by atoms with van der Waals surface area (Å²) >= 11 is 0. The molecular weight excluding hydrogens is 624 g/mol. The maximum absolute atomic E-state index is 6.67. The summed E-state index contributed by atoms with van der Waals surface area (Å²) in [5, 5.41) is 4.45. The van der Waals surface area contributed by atoms with Gasteiger partial charge in [-0.2, -0.15) is 0 Å². The summed E-state index contributed by atoms with van der Waals surface area (Å²) < 4.78 is 37.2. The third-order valence-corrected chi connectivity index (χ3v) is 9.14. The van der Waals surface area contributed by atoms with Gasteiger partial charge in [0.05, 0.1) is 14.2 Å². The Morgan fingerprint density at radius 1 is 0.420 bits per heavy atom. The summed E-state index contributed by atoms with van der Waals surface area (Å²) in [6.07, 6.45) is 0. The van der Waals surface area contributed by atoms with Crippen LogP contribution in [0.25, 0.3) is 32.7 Å². The molecule has 0 spiro atoms. The molecule has 0 radical (unpaired) electrons. The highest BCUT2D eigenvalue weighted by Gasteiger charge is 2.20. The number of ether oxygens (including phenoxy) is 6. The molecule has 8 heterocycles. The Hall–Kier alpha value is -6.14. The average Bonchev–Trinajstić information content (AvgIpc) is 3.17. The van der Waals surface area contributed by atoms with Gasteiger partial charge < -0.3 is 28.4 Å². The monoisotopic (exact) mass is 660 g/mol. The first kappa shape index (κ1) is 31.1. The Bertz CT molecular complexity index is 2130. The lowest BCUT2D eigenvalue weighted by molar-refractivity contribution is 0.285. The Morgan fingerprint density at radius 3 is 1.26 bits per heavy atom. The van der Waals surface area contributed by atoms with Crippen molar-refractivity contribution in [2.45, 2.75) is 26.4 Å². The first-order valence-corrected chi connectivity index (χ1v) is 16.6. The Balaban J connectivity index is 1.23. The van der Waals surface area contributed by atoms with E-state index in [0.717, 1.165) is 77.9 Å². The van der Waals surface area contributed by atoms with Crippen LogP contribution in [-0.4, -0.2) is 14.2 Å². The van der Waals surface area contributed by atoms with E-state index in [1.165, 1.54) is 0 Å². The van der Waals surface area contributed by atoms with Gasteiger partial charge in [0.15, 0.2) is 0 Å². The predicted octanol–water partition coefficient (Wildman–Crippen LogP) is 10.3. The lowest BCUT2D eigenvalue weighted by atomic mass is 9.92. The molecule has 0 aliphatic carbocycles. The number of methoxy groups -OCH3 is 2. The molecule has 0 N–H and O–H groups in total. The van der Waals surface area contributed by atoms with Crippen LogP contribution in [0.1, 0.15) is 22.3 Å². The third-order valence-electron chi connectivity index (χ3n) is 9.14. The van der Waals surface area contributed by atoms with Crippen molar-refractivity contribution in [3.05, 3.63) is 156 Å². The molecule has 0 saturated heterocycles. The van der Waals surface area contributed by atoms with Gasteiger partial charge in [-0.05, 0) is 81.2 Å². The fraction of sp³-hybridized carbons (Fsp3) is 0.136. The van der Waals surface area contributed by atoms with E-state index in [1.54, 1.807) is 14.2 Å². The molecule has 0 amide bonds. The second-order valence-corrected chi connectivity index (χ2v) is 12.2. The SMILES string of the molecule is COc1cc2c(OC)cc1COc1ccc(cc1)COc1ccc3ccccc3c1-c1c(ccc3ccccc13)OCc1ccc(cc1)OC2. The van der Waals surface area contributed by atoms with Gasteiger partial charge in [-0.25, -0.2) is 0 Å². The number of fused-ring (bicyclic) bond motifs is 2. The van der Waals surface area contributed by atoms with Gasteiger partial charge in [-0.3, -0.25) is 0 Å². The Morgan fingerprint density at radius 2 is 0.840 bits per heavy atom. The number of rotatable bonds is 2. The largest absolute Gasteiger partial charge is 0.496 e. The summed E-state index contributed by atoms with van der Waals surface area (Å²) in [6.45, 7) is 1.39. The van der Waals surface area contributed by atoms with E-state index in [0.29, 0.717) is 37.9 Å². The molecule has 0 atom stereocenters. The first-order chi connectivity index (χ1) is 24.7. The van der Waals surface area contributed by atoms with Gasteiger partial charge in [0.25, 0.3) is 0 Å². The van der Waals surface area contributed by atoms with E-state index in [1.807, 2.05) is 60.7 Å². The van der Waals surface area contributed by atoms with E-state index in [-0.39, 0.29) is 0 Å². The van der Waals surface area contributed by atoms with Crippen molar-refractivity contribution < 1.29 is 28.4 Å². The summed E-state index contributed by atoms with van der Waals surface area (Å²) in [5.41, 5.74) is 5.79. The molecule has 6 nitrogen and oxygen atoms in total. The lowest BCUT2D eigenvalue weighted by Crippen LogP contribution is -2.05. The zero-order chi connectivity index (χ0) is 33.9. The van der Waals surface area contributed by atoms with Crippen molar-refractivity contribution in [1.29, 1.82) is 0 Å². The molecule has 6 bridgehead atoms. The molecule has 8 aliphatic rings. The Labute approximate surface area is 291 Å². The second kappa shape index (κ2) is 13.8. The van der Waals surface area contributed by atoms with Gasteiger partial charge in [-0.1, -0.05) is 84.9 Å². The molecular formula is C44H36O6. The zero-order valence-corrected chi connectivity index (χ0v) is 28.0. The molecule has 50 heavy (non-hydrogen) atoms. The minimum Gasteiger partial charge on any atom is -0.496 e. The second-order valence-electron chi connectivity index (χ2n) is 12.2. The van der Waals surface area contributed by atoms with Crippen LogP contribution in [0.15, 0.2) is 133 Å². The molecule has 0 unspecified atom stereocenters. The number of hydrogen-bond acceptors (Lipinski definition) is 6.